The van der Waals surface area contributed by atoms with Crippen molar-refractivity contribution < 1.29 is 13.2 Å². The first-order valence-electron chi connectivity index (χ1n) is 3.76. The molecule has 2 rings (SSSR count). The van der Waals surface area contributed by atoms with Crippen molar-refractivity contribution in [3.05, 3.63) is 28.6 Å². The quantitative estimate of drug-likeness (QED) is 0.704. The van der Waals surface area contributed by atoms with Gasteiger partial charge in [-0.1, -0.05) is 0 Å². The van der Waals surface area contributed by atoms with E-state index in [1.165, 1.54) is 0 Å². The van der Waals surface area contributed by atoms with Gasteiger partial charge in [-0.15, -0.1) is 0 Å². The molecule has 0 bridgehead atoms. The van der Waals surface area contributed by atoms with E-state index in [2.05, 4.69) is 15.0 Å². The smallest absolute Gasteiger partial charge is 0.303 e. The summed E-state index contributed by atoms with van der Waals surface area (Å²) in [6.45, 7) is 0. The summed E-state index contributed by atoms with van der Waals surface area (Å²) >= 11 is 0. The van der Waals surface area contributed by atoms with Crippen molar-refractivity contribution in [2.75, 3.05) is 0 Å². The summed E-state index contributed by atoms with van der Waals surface area (Å²) in [7, 11) is 0. The van der Waals surface area contributed by atoms with Gasteiger partial charge in [0.1, 0.15) is 11.8 Å². The van der Waals surface area contributed by atoms with E-state index in [0.717, 1.165) is 12.5 Å². The van der Waals surface area contributed by atoms with Crippen molar-refractivity contribution in [3.63, 3.8) is 0 Å². The lowest BCUT2D eigenvalue weighted by Crippen LogP contribution is -2.23. The Morgan fingerprint density at radius 2 is 2.07 bits per heavy atom. The van der Waals surface area contributed by atoms with Gasteiger partial charge in [0.15, 0.2) is 5.65 Å². The molecule has 0 saturated heterocycles. The number of nitrogens with zero attached hydrogens (tertiary/aromatic N) is 3. The number of halogens is 3. The Morgan fingerprint density at radius 3 is 2.73 bits per heavy atom. The van der Waals surface area contributed by atoms with Crippen molar-refractivity contribution >= 4 is 11.2 Å². The summed E-state index contributed by atoms with van der Waals surface area (Å²) in [4.78, 5) is 23.2. The second-order valence-electron chi connectivity index (χ2n) is 2.67. The van der Waals surface area contributed by atoms with E-state index in [9.17, 15) is 18.0 Å². The highest BCUT2D eigenvalue weighted by Crippen LogP contribution is 2.25. The molecule has 0 unspecified atom stereocenters. The molecule has 2 aromatic rings. The van der Waals surface area contributed by atoms with Crippen LogP contribution in [0.25, 0.3) is 11.2 Å². The highest BCUT2D eigenvalue weighted by atomic mass is 19.4. The number of nitrogens with one attached hydrogen (secondary N) is 1. The molecule has 0 aliphatic heterocycles. The number of H-pyrrole nitrogens is 1. The first-order valence-corrected chi connectivity index (χ1v) is 3.76. The molecular weight excluding hydrogens is 213 g/mol. The normalized spacial score (nSPS) is 11.9. The van der Waals surface area contributed by atoms with Crippen molar-refractivity contribution in [2.45, 2.75) is 6.18 Å². The molecule has 0 aromatic carbocycles. The fourth-order valence-electron chi connectivity index (χ4n) is 1.03. The third-order valence-electron chi connectivity index (χ3n) is 1.64. The monoisotopic (exact) mass is 216 g/mol. The largest absolute Gasteiger partial charge is 0.438 e. The fourth-order valence-corrected chi connectivity index (χ4v) is 1.03. The molecule has 15 heavy (non-hydrogen) atoms. The van der Waals surface area contributed by atoms with Crippen LogP contribution in [0.15, 0.2) is 17.3 Å². The molecule has 78 valence electrons. The average Bonchev–Trinajstić information content (AvgIpc) is 2.15. The molecule has 0 saturated carbocycles. The van der Waals surface area contributed by atoms with Crippen molar-refractivity contribution in [2.24, 2.45) is 0 Å². The van der Waals surface area contributed by atoms with Crippen LogP contribution < -0.4 is 5.56 Å². The molecular formula is C7H3F3N4O. The summed E-state index contributed by atoms with van der Waals surface area (Å²) in [6, 6.07) is 0. The summed E-state index contributed by atoms with van der Waals surface area (Å²) in [6.07, 6.45) is -2.58. The van der Waals surface area contributed by atoms with E-state index in [0.29, 0.717) is 0 Å². The number of fused-ring (bicyclic) bond motifs is 1. The van der Waals surface area contributed by atoms with Gasteiger partial charge in [-0.25, -0.2) is 15.0 Å². The minimum atomic E-state index is -4.78. The van der Waals surface area contributed by atoms with Gasteiger partial charge in [0.05, 0.1) is 6.20 Å². The number of aromatic amines is 1. The van der Waals surface area contributed by atoms with Crippen LogP contribution in [-0.2, 0) is 6.18 Å². The third kappa shape index (κ3) is 1.65. The Morgan fingerprint density at radius 1 is 1.33 bits per heavy atom. The van der Waals surface area contributed by atoms with E-state index in [1.54, 1.807) is 0 Å². The van der Waals surface area contributed by atoms with Gasteiger partial charge >= 0.3 is 6.18 Å². The molecule has 1 N–H and O–H groups in total. The van der Waals surface area contributed by atoms with E-state index >= 15 is 0 Å². The Labute approximate surface area is 80.0 Å². The van der Waals surface area contributed by atoms with Crippen molar-refractivity contribution in [1.29, 1.82) is 0 Å². The average molecular weight is 216 g/mol. The van der Waals surface area contributed by atoms with Gasteiger partial charge in [-0.3, -0.25) is 4.79 Å². The van der Waals surface area contributed by atoms with Crippen LogP contribution in [0, 0.1) is 0 Å². The van der Waals surface area contributed by atoms with Gasteiger partial charge < -0.3 is 4.98 Å². The van der Waals surface area contributed by atoms with E-state index in [4.69, 9.17) is 0 Å². The lowest BCUT2D eigenvalue weighted by molar-refractivity contribution is -0.142. The van der Waals surface area contributed by atoms with E-state index in [-0.39, 0.29) is 11.2 Å². The fraction of sp³-hybridized carbons (Fsp3) is 0.143. The van der Waals surface area contributed by atoms with Gasteiger partial charge in [-0.2, -0.15) is 13.2 Å². The Kier molecular flexibility index (Phi) is 1.92. The highest BCUT2D eigenvalue weighted by molar-refractivity contribution is 5.67. The first kappa shape index (κ1) is 9.56. The minimum Gasteiger partial charge on any atom is -0.303 e. The predicted molar refractivity (Wildman–Crippen MR) is 43.0 cm³/mol. The number of alkyl halides is 3. The number of rotatable bonds is 0. The third-order valence-corrected chi connectivity index (χ3v) is 1.64. The molecule has 8 heteroatoms. The van der Waals surface area contributed by atoms with E-state index < -0.39 is 17.4 Å². The summed E-state index contributed by atoms with van der Waals surface area (Å²) in [5.74, 6) is 0. The maximum absolute atomic E-state index is 12.3. The van der Waals surface area contributed by atoms with Gasteiger partial charge in [-0.05, 0) is 0 Å². The summed E-state index contributed by atoms with van der Waals surface area (Å²) in [5, 5.41) is 0. The maximum atomic E-state index is 12.3. The molecule has 0 aliphatic rings. The molecule has 0 radical (unpaired) electrons. The molecule has 0 atom stereocenters. The zero-order chi connectivity index (χ0) is 11.1. The Balaban J connectivity index is 2.79. The Bertz CT molecular complexity index is 562. The van der Waals surface area contributed by atoms with Crippen LogP contribution in [0.4, 0.5) is 13.2 Å². The molecule has 0 amide bonds. The standard InChI is InChI=1S/C7H3F3N4O/c8-7(9,10)4-6(15)14-5-3(13-4)1-11-2-12-5/h1-2H,(H,11,12,14,15). The second kappa shape index (κ2) is 3.01. The summed E-state index contributed by atoms with van der Waals surface area (Å²) < 4.78 is 36.8. The van der Waals surface area contributed by atoms with Crippen molar-refractivity contribution in [3.8, 4) is 0 Å². The number of hydrogen-bond acceptors (Lipinski definition) is 4. The topological polar surface area (TPSA) is 71.5 Å². The molecule has 2 aromatic heterocycles. The zero-order valence-electron chi connectivity index (χ0n) is 7.04. The van der Waals surface area contributed by atoms with Crippen LogP contribution in [0.3, 0.4) is 0 Å². The lowest BCUT2D eigenvalue weighted by atomic mass is 10.4. The van der Waals surface area contributed by atoms with Crippen LogP contribution in [-0.4, -0.2) is 19.9 Å². The van der Waals surface area contributed by atoms with Gasteiger partial charge in [0.2, 0.25) is 5.69 Å². The second-order valence-corrected chi connectivity index (χ2v) is 2.67. The molecule has 0 aliphatic carbocycles. The maximum Gasteiger partial charge on any atom is 0.438 e. The van der Waals surface area contributed by atoms with E-state index in [1.807, 2.05) is 4.98 Å². The van der Waals surface area contributed by atoms with Crippen LogP contribution in [0.5, 0.6) is 0 Å². The van der Waals surface area contributed by atoms with Crippen molar-refractivity contribution in [1.82, 2.24) is 19.9 Å². The summed E-state index contributed by atoms with van der Waals surface area (Å²) in [5.41, 5.74) is -2.94. The number of hydrogen-bond donors (Lipinski definition) is 1. The first-order chi connectivity index (χ1) is 6.98. The highest BCUT2D eigenvalue weighted by Gasteiger charge is 2.36. The zero-order valence-corrected chi connectivity index (χ0v) is 7.04. The predicted octanol–water partition coefficient (Wildman–Crippen LogP) is 0.732. The minimum absolute atomic E-state index is 0.0250. The number of aromatic nitrogens is 4. The van der Waals surface area contributed by atoms with Gasteiger partial charge in [0.25, 0.3) is 5.56 Å². The van der Waals surface area contributed by atoms with Crippen LogP contribution in [0.2, 0.25) is 0 Å². The molecule has 0 spiro atoms. The van der Waals surface area contributed by atoms with Crippen LogP contribution in [0.1, 0.15) is 5.69 Å². The molecule has 2 heterocycles. The van der Waals surface area contributed by atoms with Gasteiger partial charge in [0, 0.05) is 0 Å². The van der Waals surface area contributed by atoms with Crippen LogP contribution >= 0.6 is 0 Å². The SMILES string of the molecule is O=c1[nH]c2ncncc2nc1C(F)(F)F. The molecule has 5 nitrogen and oxygen atoms in total. The lowest BCUT2D eigenvalue weighted by Gasteiger charge is -2.04. The molecule has 0 fully saturated rings. The Hall–Kier alpha value is -1.99.